The predicted octanol–water partition coefficient (Wildman–Crippen LogP) is 2.66. The first-order valence-corrected chi connectivity index (χ1v) is 7.74. The largest absolute Gasteiger partial charge is 0.361 e. The molecule has 0 unspecified atom stereocenters. The number of carbonyl (C=O) groups excluding carboxylic acids is 1. The van der Waals surface area contributed by atoms with Gasteiger partial charge in [0.15, 0.2) is 0 Å². The highest BCUT2D eigenvalue weighted by Crippen LogP contribution is 2.23. The van der Waals surface area contributed by atoms with Crippen molar-refractivity contribution in [2.45, 2.75) is 6.54 Å². The fourth-order valence-electron chi connectivity index (χ4n) is 3.10. The van der Waals surface area contributed by atoms with Gasteiger partial charge < -0.3 is 14.8 Å². The lowest BCUT2D eigenvalue weighted by atomic mass is 10.1. The van der Waals surface area contributed by atoms with E-state index in [0.29, 0.717) is 13.1 Å². The summed E-state index contributed by atoms with van der Waals surface area (Å²) < 4.78 is 0. The lowest BCUT2D eigenvalue weighted by Gasteiger charge is -2.21. The second-order valence-corrected chi connectivity index (χ2v) is 5.91. The normalized spacial score (nSPS) is 14.7. The molecule has 0 saturated heterocycles. The Morgan fingerprint density at radius 1 is 1.22 bits per heavy atom. The number of nitrogens with one attached hydrogen (secondary N) is 1. The van der Waals surface area contributed by atoms with Crippen molar-refractivity contribution in [2.24, 2.45) is 0 Å². The lowest BCUT2D eigenvalue weighted by molar-refractivity contribution is 0.0752. The van der Waals surface area contributed by atoms with Crippen molar-refractivity contribution < 1.29 is 4.79 Å². The fourth-order valence-corrected chi connectivity index (χ4v) is 3.10. The minimum Gasteiger partial charge on any atom is -0.361 e. The first-order valence-electron chi connectivity index (χ1n) is 7.74. The molecule has 0 aliphatic carbocycles. The van der Waals surface area contributed by atoms with Gasteiger partial charge in [0, 0.05) is 61.1 Å². The van der Waals surface area contributed by atoms with Crippen LogP contribution in [0.15, 0.2) is 48.8 Å². The van der Waals surface area contributed by atoms with Crippen molar-refractivity contribution in [3.63, 3.8) is 0 Å². The van der Waals surface area contributed by atoms with Crippen LogP contribution in [0.25, 0.3) is 10.9 Å². The molecule has 1 aromatic carbocycles. The van der Waals surface area contributed by atoms with E-state index in [1.165, 1.54) is 0 Å². The van der Waals surface area contributed by atoms with Gasteiger partial charge in [0.2, 0.25) is 0 Å². The average molecular weight is 306 g/mol. The van der Waals surface area contributed by atoms with Gasteiger partial charge in [-0.05, 0) is 30.3 Å². The number of hydrogen-bond donors (Lipinski definition) is 1. The van der Waals surface area contributed by atoms with Crippen LogP contribution in [0.1, 0.15) is 15.9 Å². The Balaban J connectivity index is 1.66. The number of amides is 1. The van der Waals surface area contributed by atoms with E-state index >= 15 is 0 Å². The van der Waals surface area contributed by atoms with Crippen LogP contribution in [0, 0.1) is 0 Å². The molecular formula is C18H18N4O. The molecule has 1 aliphatic rings. The average Bonchev–Trinajstić information content (AvgIpc) is 2.98. The number of hydrogen-bond acceptors (Lipinski definition) is 3. The third-order valence-corrected chi connectivity index (χ3v) is 4.38. The highest BCUT2D eigenvalue weighted by molar-refractivity contribution is 5.98. The second-order valence-electron chi connectivity index (χ2n) is 5.91. The molecule has 1 N–H and O–H groups in total. The van der Waals surface area contributed by atoms with Crippen LogP contribution in [-0.4, -0.2) is 40.9 Å². The third-order valence-electron chi connectivity index (χ3n) is 4.38. The number of H-pyrrole nitrogens is 1. The number of nitrogens with zero attached hydrogens (tertiary/aromatic N) is 3. The Morgan fingerprint density at radius 3 is 3.04 bits per heavy atom. The summed E-state index contributed by atoms with van der Waals surface area (Å²) in [6.07, 6.45) is 3.69. The monoisotopic (exact) mass is 306 g/mol. The van der Waals surface area contributed by atoms with Crippen molar-refractivity contribution in [1.29, 1.82) is 0 Å². The van der Waals surface area contributed by atoms with Crippen LogP contribution in [0.2, 0.25) is 0 Å². The predicted molar refractivity (Wildman–Crippen MR) is 90.5 cm³/mol. The smallest absolute Gasteiger partial charge is 0.254 e. The molecule has 0 saturated carbocycles. The minimum absolute atomic E-state index is 0.0678. The molecule has 2 aromatic heterocycles. The van der Waals surface area contributed by atoms with Crippen molar-refractivity contribution >= 4 is 22.6 Å². The van der Waals surface area contributed by atoms with Crippen LogP contribution in [0.5, 0.6) is 0 Å². The van der Waals surface area contributed by atoms with E-state index in [0.717, 1.165) is 34.4 Å². The summed E-state index contributed by atoms with van der Waals surface area (Å²) in [4.78, 5) is 24.5. The summed E-state index contributed by atoms with van der Waals surface area (Å²) in [5, 5.41) is 1.06. The standard InChI is InChI=1S/C18H18N4O/c1-21-9-10-22(12-15-3-2-7-20-17(15)21)18(23)14-4-5-16-13(11-14)6-8-19-16/h2-8,11,19H,9-10,12H2,1H3. The summed E-state index contributed by atoms with van der Waals surface area (Å²) in [5.74, 6) is 1.03. The van der Waals surface area contributed by atoms with Crippen LogP contribution in [-0.2, 0) is 6.54 Å². The minimum atomic E-state index is 0.0678. The highest BCUT2D eigenvalue weighted by atomic mass is 16.2. The van der Waals surface area contributed by atoms with E-state index in [2.05, 4.69) is 14.9 Å². The Kier molecular flexibility index (Phi) is 3.26. The summed E-state index contributed by atoms with van der Waals surface area (Å²) in [5.41, 5.74) is 2.86. The number of anilines is 1. The Bertz CT molecular complexity index is 870. The zero-order chi connectivity index (χ0) is 15.8. The zero-order valence-electron chi connectivity index (χ0n) is 13.0. The molecule has 0 bridgehead atoms. The number of fused-ring (bicyclic) bond motifs is 2. The highest BCUT2D eigenvalue weighted by Gasteiger charge is 2.23. The molecule has 0 atom stereocenters. The molecule has 1 amide bonds. The maximum Gasteiger partial charge on any atom is 0.254 e. The number of carbonyl (C=O) groups is 1. The van der Waals surface area contributed by atoms with Gasteiger partial charge in [-0.25, -0.2) is 4.98 Å². The molecule has 5 heteroatoms. The first-order chi connectivity index (χ1) is 11.2. The van der Waals surface area contributed by atoms with Crippen molar-refractivity contribution in [3.05, 3.63) is 59.9 Å². The van der Waals surface area contributed by atoms with Gasteiger partial charge in [-0.1, -0.05) is 6.07 Å². The molecular weight excluding hydrogens is 288 g/mol. The maximum absolute atomic E-state index is 12.9. The van der Waals surface area contributed by atoms with E-state index in [-0.39, 0.29) is 5.91 Å². The number of aromatic amines is 1. The van der Waals surface area contributed by atoms with Gasteiger partial charge in [0.1, 0.15) is 5.82 Å². The fraction of sp³-hybridized carbons (Fsp3) is 0.222. The van der Waals surface area contributed by atoms with Crippen LogP contribution >= 0.6 is 0 Å². The van der Waals surface area contributed by atoms with E-state index in [9.17, 15) is 4.79 Å². The van der Waals surface area contributed by atoms with Crippen molar-refractivity contribution in [2.75, 3.05) is 25.0 Å². The van der Waals surface area contributed by atoms with Crippen LogP contribution in [0.3, 0.4) is 0 Å². The second kappa shape index (κ2) is 5.43. The van der Waals surface area contributed by atoms with Crippen molar-refractivity contribution in [1.82, 2.24) is 14.9 Å². The molecule has 5 nitrogen and oxygen atoms in total. The van der Waals surface area contributed by atoms with Crippen LogP contribution < -0.4 is 4.90 Å². The van der Waals surface area contributed by atoms with Crippen LogP contribution in [0.4, 0.5) is 5.82 Å². The van der Waals surface area contributed by atoms with Gasteiger partial charge >= 0.3 is 0 Å². The molecule has 3 aromatic rings. The van der Waals surface area contributed by atoms with Gasteiger partial charge in [-0.15, -0.1) is 0 Å². The first kappa shape index (κ1) is 13.8. The summed E-state index contributed by atoms with van der Waals surface area (Å²) >= 11 is 0. The maximum atomic E-state index is 12.9. The quantitative estimate of drug-likeness (QED) is 0.752. The third kappa shape index (κ3) is 2.44. The number of rotatable bonds is 1. The van der Waals surface area contributed by atoms with E-state index in [4.69, 9.17) is 0 Å². The lowest BCUT2D eigenvalue weighted by Crippen LogP contribution is -2.34. The number of aromatic nitrogens is 2. The molecule has 0 radical (unpaired) electrons. The topological polar surface area (TPSA) is 52.2 Å². The molecule has 116 valence electrons. The molecule has 0 spiro atoms. The van der Waals surface area contributed by atoms with E-state index in [1.807, 2.05) is 54.5 Å². The van der Waals surface area contributed by atoms with Gasteiger partial charge in [-0.3, -0.25) is 4.79 Å². The Labute approximate surface area is 134 Å². The molecule has 1 aliphatic heterocycles. The van der Waals surface area contributed by atoms with E-state index < -0.39 is 0 Å². The Morgan fingerprint density at radius 2 is 2.13 bits per heavy atom. The van der Waals surface area contributed by atoms with Gasteiger partial charge in [0.25, 0.3) is 5.91 Å². The molecule has 23 heavy (non-hydrogen) atoms. The molecule has 0 fully saturated rings. The number of likely N-dealkylation sites (N-methyl/N-ethyl adjacent to an activating group) is 1. The van der Waals surface area contributed by atoms with Crippen molar-refractivity contribution in [3.8, 4) is 0 Å². The summed E-state index contributed by atoms with van der Waals surface area (Å²) in [7, 11) is 2.02. The zero-order valence-corrected chi connectivity index (χ0v) is 13.0. The molecule has 3 heterocycles. The van der Waals surface area contributed by atoms with Gasteiger partial charge in [-0.2, -0.15) is 0 Å². The van der Waals surface area contributed by atoms with Gasteiger partial charge in [0.05, 0.1) is 0 Å². The van der Waals surface area contributed by atoms with E-state index in [1.54, 1.807) is 6.20 Å². The molecule has 4 rings (SSSR count). The number of benzene rings is 1. The SMILES string of the molecule is CN1CCN(C(=O)c2ccc3[nH]ccc3c2)Cc2cccnc21. The Hall–Kier alpha value is -2.82. The summed E-state index contributed by atoms with van der Waals surface area (Å²) in [6, 6.07) is 11.8. The summed E-state index contributed by atoms with van der Waals surface area (Å²) in [6.45, 7) is 2.07. The number of pyridine rings is 1.